The molecule has 0 spiro atoms. The predicted octanol–water partition coefficient (Wildman–Crippen LogP) is 3.10. The van der Waals surface area contributed by atoms with Gasteiger partial charge in [0.15, 0.2) is 0 Å². The SMILES string of the molecule is CCCNCC1(O)CCCC(CCC)CC1. The molecule has 1 saturated carbocycles. The highest BCUT2D eigenvalue weighted by atomic mass is 16.3. The zero-order valence-corrected chi connectivity index (χ0v) is 11.1. The number of hydrogen-bond acceptors (Lipinski definition) is 2. The smallest absolute Gasteiger partial charge is 0.0771 e. The van der Waals surface area contributed by atoms with Gasteiger partial charge < -0.3 is 10.4 Å². The Kier molecular flexibility index (Phi) is 6.37. The van der Waals surface area contributed by atoms with Gasteiger partial charge in [0.05, 0.1) is 5.60 Å². The summed E-state index contributed by atoms with van der Waals surface area (Å²) in [6.07, 6.45) is 9.51. The van der Waals surface area contributed by atoms with Crippen LogP contribution in [-0.2, 0) is 0 Å². The minimum absolute atomic E-state index is 0.419. The van der Waals surface area contributed by atoms with Crippen LogP contribution in [0.3, 0.4) is 0 Å². The minimum atomic E-state index is -0.419. The van der Waals surface area contributed by atoms with Gasteiger partial charge in [0.25, 0.3) is 0 Å². The molecule has 1 aliphatic rings. The maximum absolute atomic E-state index is 10.5. The highest BCUT2D eigenvalue weighted by Crippen LogP contribution is 2.32. The number of rotatable bonds is 6. The van der Waals surface area contributed by atoms with Gasteiger partial charge in [-0.2, -0.15) is 0 Å². The molecule has 0 aliphatic heterocycles. The molecule has 2 heteroatoms. The molecule has 1 rings (SSSR count). The van der Waals surface area contributed by atoms with Crippen molar-refractivity contribution in [3.63, 3.8) is 0 Å². The number of hydrogen-bond donors (Lipinski definition) is 2. The van der Waals surface area contributed by atoms with Gasteiger partial charge in [-0.05, 0) is 38.1 Å². The molecule has 0 amide bonds. The molecule has 2 unspecified atom stereocenters. The van der Waals surface area contributed by atoms with Crippen molar-refractivity contribution in [2.24, 2.45) is 5.92 Å². The van der Waals surface area contributed by atoms with Crippen LogP contribution in [0.25, 0.3) is 0 Å². The largest absolute Gasteiger partial charge is 0.389 e. The summed E-state index contributed by atoms with van der Waals surface area (Å²) in [4.78, 5) is 0. The fourth-order valence-corrected chi connectivity index (χ4v) is 2.83. The van der Waals surface area contributed by atoms with E-state index in [2.05, 4.69) is 19.2 Å². The first-order valence-electron chi connectivity index (χ1n) is 7.13. The lowest BCUT2D eigenvalue weighted by atomic mass is 9.92. The van der Waals surface area contributed by atoms with E-state index < -0.39 is 5.60 Å². The molecule has 2 atom stereocenters. The first-order valence-corrected chi connectivity index (χ1v) is 7.13. The fourth-order valence-electron chi connectivity index (χ4n) is 2.83. The van der Waals surface area contributed by atoms with E-state index in [0.717, 1.165) is 38.3 Å². The van der Waals surface area contributed by atoms with Crippen LogP contribution >= 0.6 is 0 Å². The number of nitrogens with one attached hydrogen (secondary N) is 1. The zero-order valence-electron chi connectivity index (χ0n) is 11.1. The average Bonchev–Trinajstić information content (AvgIpc) is 2.43. The predicted molar refractivity (Wildman–Crippen MR) is 69.6 cm³/mol. The standard InChI is InChI=1S/C14H29NO/c1-3-6-13-7-5-9-14(16,10-8-13)12-15-11-4-2/h13,15-16H,3-12H2,1-2H3. The third-order valence-corrected chi connectivity index (χ3v) is 3.85. The van der Waals surface area contributed by atoms with Crippen molar-refractivity contribution in [1.29, 1.82) is 0 Å². The van der Waals surface area contributed by atoms with E-state index in [9.17, 15) is 5.11 Å². The van der Waals surface area contributed by atoms with Crippen molar-refractivity contribution < 1.29 is 5.11 Å². The normalized spacial score (nSPS) is 31.3. The second kappa shape index (κ2) is 7.29. The van der Waals surface area contributed by atoms with Crippen molar-refractivity contribution in [1.82, 2.24) is 5.32 Å². The minimum Gasteiger partial charge on any atom is -0.389 e. The van der Waals surface area contributed by atoms with Crippen LogP contribution in [0.4, 0.5) is 0 Å². The van der Waals surface area contributed by atoms with Crippen LogP contribution in [0.1, 0.15) is 65.2 Å². The fraction of sp³-hybridized carbons (Fsp3) is 1.00. The second-order valence-electron chi connectivity index (χ2n) is 5.49. The lowest BCUT2D eigenvalue weighted by Crippen LogP contribution is -2.40. The molecular formula is C14H29NO. The topological polar surface area (TPSA) is 32.3 Å². The van der Waals surface area contributed by atoms with Crippen LogP contribution in [0.15, 0.2) is 0 Å². The van der Waals surface area contributed by atoms with E-state index in [1.165, 1.54) is 32.1 Å². The summed E-state index contributed by atoms with van der Waals surface area (Å²) in [7, 11) is 0. The molecule has 0 aromatic heterocycles. The van der Waals surface area contributed by atoms with Gasteiger partial charge in [0.1, 0.15) is 0 Å². The van der Waals surface area contributed by atoms with E-state index in [1.807, 2.05) is 0 Å². The molecule has 1 aliphatic carbocycles. The lowest BCUT2D eigenvalue weighted by molar-refractivity contribution is 0.0244. The van der Waals surface area contributed by atoms with E-state index >= 15 is 0 Å². The first-order chi connectivity index (χ1) is 7.70. The summed E-state index contributed by atoms with van der Waals surface area (Å²) in [6, 6.07) is 0. The lowest BCUT2D eigenvalue weighted by Gasteiger charge is -2.27. The van der Waals surface area contributed by atoms with Crippen LogP contribution in [0.5, 0.6) is 0 Å². The molecular weight excluding hydrogens is 198 g/mol. The Morgan fingerprint density at radius 3 is 2.69 bits per heavy atom. The van der Waals surface area contributed by atoms with Crippen LogP contribution in [0, 0.1) is 5.92 Å². The van der Waals surface area contributed by atoms with Crippen molar-refractivity contribution in [2.75, 3.05) is 13.1 Å². The molecule has 0 aromatic rings. The van der Waals surface area contributed by atoms with Gasteiger partial charge in [-0.3, -0.25) is 0 Å². The zero-order chi connectivity index (χ0) is 11.9. The Balaban J connectivity index is 2.32. The van der Waals surface area contributed by atoms with Crippen molar-refractivity contribution >= 4 is 0 Å². The van der Waals surface area contributed by atoms with Gasteiger partial charge in [-0.25, -0.2) is 0 Å². The van der Waals surface area contributed by atoms with E-state index in [1.54, 1.807) is 0 Å². The van der Waals surface area contributed by atoms with Gasteiger partial charge in [-0.1, -0.05) is 39.5 Å². The molecule has 0 bridgehead atoms. The third kappa shape index (κ3) is 4.84. The summed E-state index contributed by atoms with van der Waals surface area (Å²) < 4.78 is 0. The average molecular weight is 227 g/mol. The van der Waals surface area contributed by atoms with Crippen LogP contribution < -0.4 is 5.32 Å². The third-order valence-electron chi connectivity index (χ3n) is 3.85. The summed E-state index contributed by atoms with van der Waals surface area (Å²) in [6.45, 7) is 6.25. The van der Waals surface area contributed by atoms with E-state index in [0.29, 0.717) is 0 Å². The Labute approximate surface area is 101 Å². The quantitative estimate of drug-likeness (QED) is 0.540. The molecule has 2 N–H and O–H groups in total. The van der Waals surface area contributed by atoms with Gasteiger partial charge in [0.2, 0.25) is 0 Å². The summed E-state index contributed by atoms with van der Waals surface area (Å²) in [5, 5.41) is 13.9. The summed E-state index contributed by atoms with van der Waals surface area (Å²) in [5.74, 6) is 0.866. The molecule has 0 heterocycles. The summed E-state index contributed by atoms with van der Waals surface area (Å²) >= 11 is 0. The molecule has 0 saturated heterocycles. The molecule has 0 radical (unpaired) electrons. The van der Waals surface area contributed by atoms with E-state index in [-0.39, 0.29) is 0 Å². The van der Waals surface area contributed by atoms with Crippen molar-refractivity contribution in [3.05, 3.63) is 0 Å². The number of aliphatic hydroxyl groups is 1. The van der Waals surface area contributed by atoms with Crippen molar-refractivity contribution in [2.45, 2.75) is 70.8 Å². The van der Waals surface area contributed by atoms with Gasteiger partial charge in [-0.15, -0.1) is 0 Å². The Bertz CT molecular complexity index is 184. The van der Waals surface area contributed by atoms with Crippen LogP contribution in [-0.4, -0.2) is 23.8 Å². The molecule has 96 valence electrons. The van der Waals surface area contributed by atoms with Crippen molar-refractivity contribution in [3.8, 4) is 0 Å². The molecule has 2 nitrogen and oxygen atoms in total. The molecule has 1 fully saturated rings. The monoisotopic (exact) mass is 227 g/mol. The highest BCUT2D eigenvalue weighted by molar-refractivity contribution is 4.85. The maximum Gasteiger partial charge on any atom is 0.0771 e. The van der Waals surface area contributed by atoms with Gasteiger partial charge >= 0.3 is 0 Å². The maximum atomic E-state index is 10.5. The molecule has 0 aromatic carbocycles. The van der Waals surface area contributed by atoms with E-state index in [4.69, 9.17) is 0 Å². The van der Waals surface area contributed by atoms with Crippen LogP contribution in [0.2, 0.25) is 0 Å². The Morgan fingerprint density at radius 2 is 2.00 bits per heavy atom. The second-order valence-corrected chi connectivity index (χ2v) is 5.49. The van der Waals surface area contributed by atoms with Gasteiger partial charge in [0, 0.05) is 6.54 Å². The summed E-state index contributed by atoms with van der Waals surface area (Å²) in [5.41, 5.74) is -0.419. The Hall–Kier alpha value is -0.0800. The first kappa shape index (κ1) is 14.0. The molecule has 16 heavy (non-hydrogen) atoms. The Morgan fingerprint density at radius 1 is 1.19 bits per heavy atom. The highest BCUT2D eigenvalue weighted by Gasteiger charge is 2.29.